The summed E-state index contributed by atoms with van der Waals surface area (Å²) in [5, 5.41) is 0. The zero-order valence-electron chi connectivity index (χ0n) is 20.9. The van der Waals surface area contributed by atoms with Crippen molar-refractivity contribution in [2.45, 2.75) is 0 Å². The van der Waals surface area contributed by atoms with Gasteiger partial charge in [0.15, 0.2) is 5.82 Å². The van der Waals surface area contributed by atoms with E-state index >= 15 is 0 Å². The van der Waals surface area contributed by atoms with Gasteiger partial charge in [-0.25, -0.2) is 9.97 Å². The number of benzene rings is 5. The summed E-state index contributed by atoms with van der Waals surface area (Å²) >= 11 is 0. The van der Waals surface area contributed by atoms with Crippen LogP contribution in [0.25, 0.3) is 33.9 Å². The molecule has 5 aromatic carbocycles. The molecule has 6 aromatic rings. The zero-order chi connectivity index (χ0) is 25.8. The first-order chi connectivity index (χ1) is 19.3. The topological polar surface area (TPSA) is 44.2 Å². The van der Waals surface area contributed by atoms with Crippen molar-refractivity contribution in [3.05, 3.63) is 127 Å². The second-order valence-corrected chi connectivity index (χ2v) is 9.76. The number of fused-ring (bicyclic) bond motifs is 4. The first-order valence-electron chi connectivity index (χ1n) is 13.0. The zero-order valence-corrected chi connectivity index (χ0v) is 20.9. The number of para-hydroxylation sites is 2. The lowest BCUT2D eigenvalue weighted by atomic mass is 9.34. The first kappa shape index (κ1) is 21.9. The molecule has 0 saturated carbocycles. The van der Waals surface area contributed by atoms with Crippen LogP contribution in [0.15, 0.2) is 127 Å². The van der Waals surface area contributed by atoms with Gasteiger partial charge in [-0.1, -0.05) is 97.1 Å². The Labute approximate surface area is 226 Å². The Bertz CT molecular complexity index is 1800. The van der Waals surface area contributed by atoms with E-state index in [4.69, 9.17) is 19.4 Å². The summed E-state index contributed by atoms with van der Waals surface area (Å²) in [7, 11) is 0. The summed E-state index contributed by atoms with van der Waals surface area (Å²) in [6, 6.07) is 43.0. The maximum atomic E-state index is 6.68. The number of aromatic nitrogens is 2. The number of hydrogen-bond acceptors (Lipinski definition) is 4. The van der Waals surface area contributed by atoms with Crippen LogP contribution >= 0.6 is 0 Å². The number of ether oxygens (including phenoxy) is 2. The van der Waals surface area contributed by atoms with Gasteiger partial charge in [0.2, 0.25) is 0 Å². The van der Waals surface area contributed by atoms with E-state index in [2.05, 4.69) is 48.5 Å². The molecule has 8 rings (SSSR count). The molecule has 0 saturated heterocycles. The minimum Gasteiger partial charge on any atom is -0.458 e. The summed E-state index contributed by atoms with van der Waals surface area (Å²) < 4.78 is 13.1. The van der Waals surface area contributed by atoms with Gasteiger partial charge in [0.25, 0.3) is 6.71 Å². The monoisotopic (exact) mass is 500 g/mol. The Morgan fingerprint density at radius 2 is 1.08 bits per heavy atom. The molecule has 0 bridgehead atoms. The molecule has 0 spiro atoms. The predicted molar refractivity (Wildman–Crippen MR) is 156 cm³/mol. The lowest BCUT2D eigenvalue weighted by molar-refractivity contribution is 0.465. The van der Waals surface area contributed by atoms with Crippen LogP contribution in [-0.4, -0.2) is 16.7 Å². The fourth-order valence-electron chi connectivity index (χ4n) is 5.64. The normalized spacial score (nSPS) is 12.5. The van der Waals surface area contributed by atoms with Crippen molar-refractivity contribution < 1.29 is 9.47 Å². The molecule has 0 aliphatic carbocycles. The van der Waals surface area contributed by atoms with Gasteiger partial charge < -0.3 is 9.47 Å². The molecule has 3 heterocycles. The maximum Gasteiger partial charge on any atom is 0.260 e. The lowest BCUT2D eigenvalue weighted by Gasteiger charge is -2.33. The Hall–Kier alpha value is -5.16. The van der Waals surface area contributed by atoms with Gasteiger partial charge in [0.1, 0.15) is 23.0 Å². The average molecular weight is 500 g/mol. The van der Waals surface area contributed by atoms with Crippen molar-refractivity contribution in [1.29, 1.82) is 0 Å². The van der Waals surface area contributed by atoms with Crippen LogP contribution in [0.4, 0.5) is 0 Å². The molecule has 182 valence electrons. The third kappa shape index (κ3) is 3.55. The van der Waals surface area contributed by atoms with Crippen LogP contribution in [0.3, 0.4) is 0 Å². The predicted octanol–water partition coefficient (Wildman–Crippen LogP) is 6.21. The molecular formula is C34H21BN2O2. The Balaban J connectivity index is 1.38. The van der Waals surface area contributed by atoms with Gasteiger partial charge in [0, 0.05) is 22.2 Å². The van der Waals surface area contributed by atoms with Crippen molar-refractivity contribution in [2.24, 2.45) is 0 Å². The van der Waals surface area contributed by atoms with Crippen LogP contribution in [0.1, 0.15) is 0 Å². The Morgan fingerprint density at radius 1 is 0.487 bits per heavy atom. The van der Waals surface area contributed by atoms with Crippen LogP contribution < -0.4 is 25.9 Å². The van der Waals surface area contributed by atoms with Crippen molar-refractivity contribution in [2.75, 3.05) is 0 Å². The fraction of sp³-hybridized carbons (Fsp3) is 0. The molecule has 0 unspecified atom stereocenters. The van der Waals surface area contributed by atoms with E-state index in [1.807, 2.05) is 78.9 Å². The lowest BCUT2D eigenvalue weighted by Crippen LogP contribution is -2.57. The second-order valence-electron chi connectivity index (χ2n) is 9.76. The third-order valence-electron chi connectivity index (χ3n) is 7.44. The van der Waals surface area contributed by atoms with Crippen LogP contribution in [0, 0.1) is 0 Å². The summed E-state index contributed by atoms with van der Waals surface area (Å²) in [5.41, 5.74) is 7.87. The van der Waals surface area contributed by atoms with E-state index < -0.39 is 0 Å². The van der Waals surface area contributed by atoms with Crippen LogP contribution in [0.2, 0.25) is 0 Å². The maximum absolute atomic E-state index is 6.68. The van der Waals surface area contributed by atoms with Gasteiger partial charge >= 0.3 is 0 Å². The highest BCUT2D eigenvalue weighted by Gasteiger charge is 2.41. The SMILES string of the molecule is c1ccc(-c2cc(-c3ccc4c5c3Oc3ccccc3B5c3ccccc3O4)nc(-c3ccccc3)n2)cc1. The molecule has 5 heteroatoms. The number of rotatable bonds is 3. The highest BCUT2D eigenvalue weighted by atomic mass is 16.5. The van der Waals surface area contributed by atoms with E-state index in [1.165, 1.54) is 0 Å². The molecule has 4 nitrogen and oxygen atoms in total. The quantitative estimate of drug-likeness (QED) is 0.271. The standard InChI is InChI=1S/C34H21BN2O2/c1-3-11-22(12-4-1)27-21-28(37-34(36-27)23-13-5-2-6-14-23)24-19-20-31-32-33(24)39-30-18-10-8-16-26(30)35(32)25-15-7-9-17-29(25)38-31/h1-21H. The minimum absolute atomic E-state index is 0.00822. The van der Waals surface area contributed by atoms with E-state index in [0.29, 0.717) is 5.82 Å². The Morgan fingerprint density at radius 3 is 1.79 bits per heavy atom. The van der Waals surface area contributed by atoms with Gasteiger partial charge in [-0.3, -0.25) is 0 Å². The minimum atomic E-state index is 0.00822. The largest absolute Gasteiger partial charge is 0.458 e. The molecule has 0 atom stereocenters. The van der Waals surface area contributed by atoms with E-state index in [0.717, 1.165) is 67.5 Å². The first-order valence-corrected chi connectivity index (χ1v) is 13.0. The van der Waals surface area contributed by atoms with Gasteiger partial charge in [-0.2, -0.15) is 0 Å². The number of hydrogen-bond donors (Lipinski definition) is 0. The van der Waals surface area contributed by atoms with Gasteiger partial charge in [-0.05, 0) is 41.3 Å². The molecule has 0 N–H and O–H groups in total. The summed E-state index contributed by atoms with van der Waals surface area (Å²) in [6.07, 6.45) is 0. The van der Waals surface area contributed by atoms with Gasteiger partial charge in [0.05, 0.1) is 11.4 Å². The highest BCUT2D eigenvalue weighted by molar-refractivity contribution is 6.98. The Kier molecular flexibility index (Phi) is 4.89. The van der Waals surface area contributed by atoms with E-state index in [-0.39, 0.29) is 6.71 Å². The summed E-state index contributed by atoms with van der Waals surface area (Å²) in [6.45, 7) is 0.00822. The summed E-state index contributed by atoms with van der Waals surface area (Å²) in [4.78, 5) is 10.0. The van der Waals surface area contributed by atoms with Crippen LogP contribution in [-0.2, 0) is 0 Å². The molecule has 2 aliphatic heterocycles. The molecule has 0 radical (unpaired) electrons. The van der Waals surface area contributed by atoms with Crippen molar-refractivity contribution >= 4 is 23.1 Å². The van der Waals surface area contributed by atoms with Crippen LogP contribution in [0.5, 0.6) is 23.0 Å². The van der Waals surface area contributed by atoms with Crippen molar-refractivity contribution in [1.82, 2.24) is 9.97 Å². The van der Waals surface area contributed by atoms with Crippen molar-refractivity contribution in [3.63, 3.8) is 0 Å². The van der Waals surface area contributed by atoms with Crippen molar-refractivity contribution in [3.8, 4) is 56.9 Å². The smallest absolute Gasteiger partial charge is 0.260 e. The third-order valence-corrected chi connectivity index (χ3v) is 7.44. The van der Waals surface area contributed by atoms with E-state index in [1.54, 1.807) is 0 Å². The molecule has 1 aromatic heterocycles. The second kappa shape index (κ2) is 8.71. The molecule has 0 fully saturated rings. The molecule has 39 heavy (non-hydrogen) atoms. The van der Waals surface area contributed by atoms with Gasteiger partial charge in [-0.15, -0.1) is 0 Å². The highest BCUT2D eigenvalue weighted by Crippen LogP contribution is 2.41. The number of nitrogens with zero attached hydrogens (tertiary/aromatic N) is 2. The van der Waals surface area contributed by atoms with E-state index in [9.17, 15) is 0 Å². The fourth-order valence-corrected chi connectivity index (χ4v) is 5.64. The average Bonchev–Trinajstić information content (AvgIpc) is 3.01. The molecule has 2 aliphatic rings. The summed E-state index contributed by atoms with van der Waals surface area (Å²) in [5.74, 6) is 4.00. The molecular weight excluding hydrogens is 479 g/mol. The molecule has 0 amide bonds.